The topological polar surface area (TPSA) is 65.1 Å². The summed E-state index contributed by atoms with van der Waals surface area (Å²) >= 11 is 9.73. The first-order chi connectivity index (χ1) is 16.6. The van der Waals surface area contributed by atoms with Gasteiger partial charge in [-0.25, -0.2) is 9.07 Å². The second-order valence-corrected chi connectivity index (χ2v) is 10.3. The number of hydrogen-bond acceptors (Lipinski definition) is 7. The average Bonchev–Trinajstić information content (AvgIpc) is 3.59. The van der Waals surface area contributed by atoms with Gasteiger partial charge in [-0.05, 0) is 73.8 Å². The fraction of sp³-hybridized carbons (Fsp3) is 0.167. The lowest BCUT2D eigenvalue weighted by molar-refractivity contribution is 0.299. The maximum Gasteiger partial charge on any atom is 0.176 e. The molecule has 3 aromatic heterocycles. The lowest BCUT2D eigenvalue weighted by Gasteiger charge is -2.14. The van der Waals surface area contributed by atoms with E-state index in [1.165, 1.54) is 12.1 Å². The number of nitrogens with one attached hydrogen (secondary N) is 1. The summed E-state index contributed by atoms with van der Waals surface area (Å²) in [7, 11) is 0. The molecule has 0 aliphatic heterocycles. The summed E-state index contributed by atoms with van der Waals surface area (Å²) in [6.45, 7) is 2.62. The van der Waals surface area contributed by atoms with Crippen molar-refractivity contribution in [1.29, 1.82) is 0 Å². The van der Waals surface area contributed by atoms with Crippen molar-refractivity contribution < 1.29 is 13.7 Å². The van der Waals surface area contributed by atoms with Crippen LogP contribution in [0.25, 0.3) is 27.2 Å². The van der Waals surface area contributed by atoms with Crippen molar-refractivity contribution in [3.05, 3.63) is 77.8 Å². The molecule has 174 valence electrons. The molecule has 0 saturated heterocycles. The van der Waals surface area contributed by atoms with E-state index in [1.54, 1.807) is 52.5 Å². The Morgan fingerprint density at radius 1 is 1.21 bits per heavy atom. The van der Waals surface area contributed by atoms with Crippen LogP contribution in [-0.2, 0) is 0 Å². The monoisotopic (exact) mass is 514 g/mol. The first-order valence-corrected chi connectivity index (χ1v) is 12.6. The Balaban J connectivity index is 1.16. The highest BCUT2D eigenvalue weighted by atomic mass is 35.5. The van der Waals surface area contributed by atoms with Crippen LogP contribution in [0.2, 0.25) is 5.02 Å². The number of rotatable bonds is 9. The Morgan fingerprint density at radius 3 is 2.85 bits per heavy atom. The van der Waals surface area contributed by atoms with Crippen LogP contribution in [0, 0.1) is 5.82 Å². The van der Waals surface area contributed by atoms with E-state index in [9.17, 15) is 4.39 Å². The Hall–Kier alpha value is -2.85. The molecule has 0 bridgehead atoms. The van der Waals surface area contributed by atoms with Gasteiger partial charge in [0.15, 0.2) is 5.76 Å². The van der Waals surface area contributed by atoms with Crippen LogP contribution in [0.4, 0.5) is 4.39 Å². The van der Waals surface area contributed by atoms with Crippen LogP contribution in [0.3, 0.4) is 0 Å². The van der Waals surface area contributed by atoms with E-state index < -0.39 is 0 Å². The number of thiophene rings is 1. The molecule has 34 heavy (non-hydrogen) atoms. The van der Waals surface area contributed by atoms with Crippen LogP contribution in [0.5, 0.6) is 5.75 Å². The van der Waals surface area contributed by atoms with Gasteiger partial charge in [0.2, 0.25) is 0 Å². The molecule has 1 unspecified atom stereocenters. The van der Waals surface area contributed by atoms with Gasteiger partial charge in [-0.15, -0.1) is 11.3 Å². The summed E-state index contributed by atoms with van der Waals surface area (Å²) in [6.07, 6.45) is 4.19. The van der Waals surface area contributed by atoms with E-state index in [4.69, 9.17) is 20.9 Å². The third-order valence-corrected chi connectivity index (χ3v) is 7.67. The molecule has 3 heterocycles. The molecular weight excluding hydrogens is 495 g/mol. The Bertz CT molecular complexity index is 1390. The molecule has 6 nitrogen and oxygen atoms in total. The summed E-state index contributed by atoms with van der Waals surface area (Å²) in [5.74, 6) is 1.10. The van der Waals surface area contributed by atoms with Crippen molar-refractivity contribution in [2.45, 2.75) is 23.6 Å². The number of hydrogen-bond donors (Lipinski definition) is 1. The molecule has 5 rings (SSSR count). The predicted molar refractivity (Wildman–Crippen MR) is 134 cm³/mol. The Kier molecular flexibility index (Phi) is 6.87. The number of aromatic nitrogens is 3. The van der Waals surface area contributed by atoms with E-state index in [0.717, 1.165) is 37.9 Å². The standard InChI is InChI=1S/C24H20ClFN4O2S2/c1-15(29-34-24-7-6-23(33-24)21-8-10-28-32-21)9-11-31-22-12-16-14-27-30(20(16)13-19(22)25)18-4-2-17(26)3-5-18/h2-8,10,12-15,29H,9,11H2,1H3. The van der Waals surface area contributed by atoms with Gasteiger partial charge in [-0.3, -0.25) is 4.72 Å². The second-order valence-electron chi connectivity index (χ2n) is 7.63. The smallest absolute Gasteiger partial charge is 0.176 e. The SMILES string of the molecule is CC(CCOc1cc2cnn(-c3ccc(F)cc3)c2cc1Cl)NSc1ccc(-c2ccno2)s1. The number of ether oxygens (including phenoxy) is 1. The molecule has 10 heteroatoms. The molecule has 0 aliphatic carbocycles. The Labute approximate surface area is 208 Å². The number of fused-ring (bicyclic) bond motifs is 1. The van der Waals surface area contributed by atoms with Crippen molar-refractivity contribution in [3.8, 4) is 22.1 Å². The van der Waals surface area contributed by atoms with Gasteiger partial charge >= 0.3 is 0 Å². The molecule has 0 fully saturated rings. The highest BCUT2D eigenvalue weighted by molar-refractivity contribution is 7.99. The lowest BCUT2D eigenvalue weighted by atomic mass is 10.2. The van der Waals surface area contributed by atoms with E-state index >= 15 is 0 Å². The highest BCUT2D eigenvalue weighted by Gasteiger charge is 2.12. The molecule has 0 spiro atoms. The van der Waals surface area contributed by atoms with Crippen LogP contribution in [0.15, 0.2) is 75.7 Å². The quantitative estimate of drug-likeness (QED) is 0.214. The molecule has 5 aromatic rings. The summed E-state index contributed by atoms with van der Waals surface area (Å²) < 4.78 is 30.7. The van der Waals surface area contributed by atoms with Crippen LogP contribution < -0.4 is 9.46 Å². The Morgan fingerprint density at radius 2 is 2.06 bits per heavy atom. The fourth-order valence-corrected chi connectivity index (χ4v) is 5.40. The van der Waals surface area contributed by atoms with Gasteiger partial charge in [0.25, 0.3) is 0 Å². The van der Waals surface area contributed by atoms with Crippen LogP contribution in [-0.4, -0.2) is 27.6 Å². The molecule has 0 radical (unpaired) electrons. The van der Waals surface area contributed by atoms with E-state index in [2.05, 4.69) is 28.0 Å². The zero-order chi connectivity index (χ0) is 23.5. The molecule has 0 amide bonds. The van der Waals surface area contributed by atoms with Crippen molar-refractivity contribution >= 4 is 45.8 Å². The van der Waals surface area contributed by atoms with Gasteiger partial charge in [0.1, 0.15) is 11.6 Å². The molecule has 0 saturated carbocycles. The van der Waals surface area contributed by atoms with E-state index in [-0.39, 0.29) is 11.9 Å². The lowest BCUT2D eigenvalue weighted by Crippen LogP contribution is -2.21. The minimum atomic E-state index is -0.289. The van der Waals surface area contributed by atoms with Crippen molar-refractivity contribution in [3.63, 3.8) is 0 Å². The first kappa shape index (κ1) is 22.9. The molecular formula is C24H20ClFN4O2S2. The van der Waals surface area contributed by atoms with Crippen molar-refractivity contribution in [2.24, 2.45) is 0 Å². The van der Waals surface area contributed by atoms with Gasteiger partial charge in [-0.2, -0.15) is 5.10 Å². The summed E-state index contributed by atoms with van der Waals surface area (Å²) in [4.78, 5) is 1.05. The molecule has 0 aliphatic rings. The van der Waals surface area contributed by atoms with E-state index in [0.29, 0.717) is 17.4 Å². The van der Waals surface area contributed by atoms with E-state index in [1.807, 2.05) is 24.3 Å². The van der Waals surface area contributed by atoms with Crippen LogP contribution in [0.1, 0.15) is 13.3 Å². The third-order valence-electron chi connectivity index (χ3n) is 5.12. The normalized spacial score (nSPS) is 12.3. The maximum atomic E-state index is 13.2. The minimum Gasteiger partial charge on any atom is -0.492 e. The molecule has 1 atom stereocenters. The zero-order valence-corrected chi connectivity index (χ0v) is 20.5. The predicted octanol–water partition coefficient (Wildman–Crippen LogP) is 6.99. The van der Waals surface area contributed by atoms with Crippen LogP contribution >= 0.6 is 34.9 Å². The zero-order valence-electron chi connectivity index (χ0n) is 18.1. The number of halogens is 2. The van der Waals surface area contributed by atoms with Gasteiger partial charge in [0.05, 0.1) is 44.3 Å². The third kappa shape index (κ3) is 5.12. The first-order valence-electron chi connectivity index (χ1n) is 10.6. The summed E-state index contributed by atoms with van der Waals surface area (Å²) in [5.41, 5.74) is 1.59. The van der Waals surface area contributed by atoms with Crippen molar-refractivity contribution in [2.75, 3.05) is 6.61 Å². The summed E-state index contributed by atoms with van der Waals surface area (Å²) in [6, 6.07) is 16.0. The maximum absolute atomic E-state index is 13.2. The van der Waals surface area contributed by atoms with Gasteiger partial charge < -0.3 is 9.26 Å². The number of benzene rings is 2. The minimum absolute atomic E-state index is 0.226. The van der Waals surface area contributed by atoms with Crippen molar-refractivity contribution in [1.82, 2.24) is 19.7 Å². The summed E-state index contributed by atoms with van der Waals surface area (Å²) in [5, 5.41) is 9.56. The van der Waals surface area contributed by atoms with Gasteiger partial charge in [-0.1, -0.05) is 16.8 Å². The fourth-order valence-electron chi connectivity index (χ4n) is 3.34. The van der Waals surface area contributed by atoms with Gasteiger partial charge in [0, 0.05) is 17.5 Å². The molecule has 2 aromatic carbocycles. The second kappa shape index (κ2) is 10.2. The number of nitrogens with zero attached hydrogens (tertiary/aromatic N) is 3. The molecule has 1 N–H and O–H groups in total. The highest BCUT2D eigenvalue weighted by Crippen LogP contribution is 2.33. The largest absolute Gasteiger partial charge is 0.492 e. The average molecular weight is 515 g/mol.